The van der Waals surface area contributed by atoms with Gasteiger partial charge in [-0.3, -0.25) is 14.5 Å². The molecule has 0 saturated carbocycles. The number of hydrogen-bond donors (Lipinski definition) is 1. The number of Topliss-reactive ketones (excluding diaryl/α,β-unsaturated/α-hetero) is 1. The van der Waals surface area contributed by atoms with E-state index < -0.39 is 23.5 Å². The van der Waals surface area contributed by atoms with E-state index in [0.29, 0.717) is 11.4 Å². The van der Waals surface area contributed by atoms with Crippen LogP contribution in [0.4, 0.5) is 5.69 Å². The lowest BCUT2D eigenvalue weighted by Gasteiger charge is -2.24. The van der Waals surface area contributed by atoms with Crippen LogP contribution in [0.5, 0.6) is 11.5 Å². The van der Waals surface area contributed by atoms with E-state index in [0.717, 1.165) is 5.56 Å². The molecule has 1 fully saturated rings. The molecule has 1 aliphatic rings. The van der Waals surface area contributed by atoms with E-state index in [2.05, 4.69) is 13.8 Å². The summed E-state index contributed by atoms with van der Waals surface area (Å²) in [4.78, 5) is 27.8. The van der Waals surface area contributed by atoms with E-state index in [1.165, 1.54) is 31.4 Å². The molecule has 0 radical (unpaired) electrons. The van der Waals surface area contributed by atoms with Crippen molar-refractivity contribution in [2.24, 2.45) is 0 Å². The molecular formula is C26H23Cl2NO6. The van der Waals surface area contributed by atoms with Crippen LogP contribution in [-0.2, 0) is 9.59 Å². The molecule has 0 aliphatic carbocycles. The van der Waals surface area contributed by atoms with Crippen molar-refractivity contribution in [3.63, 3.8) is 0 Å². The number of benzene rings is 2. The Balaban J connectivity index is 1.95. The first-order valence-electron chi connectivity index (χ1n) is 10.8. The maximum atomic E-state index is 13.3. The molecule has 1 saturated heterocycles. The number of ketones is 1. The van der Waals surface area contributed by atoms with Crippen LogP contribution >= 0.6 is 23.2 Å². The second-order valence-electron chi connectivity index (χ2n) is 8.22. The van der Waals surface area contributed by atoms with Gasteiger partial charge in [0.15, 0.2) is 11.5 Å². The highest BCUT2D eigenvalue weighted by Gasteiger charge is 2.48. The number of ether oxygens (including phenoxy) is 2. The minimum atomic E-state index is -1.03. The average molecular weight is 516 g/mol. The number of amides is 1. The quantitative estimate of drug-likeness (QED) is 0.233. The molecule has 4 rings (SSSR count). The number of carbonyl (C=O) groups excluding carboxylic acids is 2. The summed E-state index contributed by atoms with van der Waals surface area (Å²) in [6.45, 7) is 4.12. The van der Waals surface area contributed by atoms with Crippen molar-refractivity contribution in [3.05, 3.63) is 81.2 Å². The fraction of sp³-hybridized carbons (Fsp3) is 0.231. The van der Waals surface area contributed by atoms with Gasteiger partial charge in [0.2, 0.25) is 0 Å². The van der Waals surface area contributed by atoms with Gasteiger partial charge in [-0.25, -0.2) is 0 Å². The minimum Gasteiger partial charge on any atom is -0.507 e. The molecule has 35 heavy (non-hydrogen) atoms. The Morgan fingerprint density at radius 1 is 1.06 bits per heavy atom. The van der Waals surface area contributed by atoms with Gasteiger partial charge in [-0.15, -0.1) is 0 Å². The molecule has 7 nitrogen and oxygen atoms in total. The van der Waals surface area contributed by atoms with Crippen LogP contribution in [0.2, 0.25) is 10.0 Å². The monoisotopic (exact) mass is 515 g/mol. The maximum Gasteiger partial charge on any atom is 0.300 e. The summed E-state index contributed by atoms with van der Waals surface area (Å²) in [7, 11) is 2.74. The number of hydrogen-bond acceptors (Lipinski definition) is 6. The van der Waals surface area contributed by atoms with E-state index in [9.17, 15) is 14.7 Å². The molecular weight excluding hydrogens is 493 g/mol. The third-order valence-electron chi connectivity index (χ3n) is 5.89. The summed E-state index contributed by atoms with van der Waals surface area (Å²) >= 11 is 12.7. The molecule has 1 aliphatic heterocycles. The summed E-state index contributed by atoms with van der Waals surface area (Å²) in [6.07, 6.45) is 1.43. The van der Waals surface area contributed by atoms with Crippen molar-refractivity contribution in [2.75, 3.05) is 19.1 Å². The Morgan fingerprint density at radius 3 is 2.26 bits per heavy atom. The van der Waals surface area contributed by atoms with E-state index >= 15 is 0 Å². The number of methoxy groups -OCH3 is 2. The first-order chi connectivity index (χ1) is 16.7. The third kappa shape index (κ3) is 4.15. The van der Waals surface area contributed by atoms with Crippen molar-refractivity contribution < 1.29 is 28.6 Å². The highest BCUT2D eigenvalue weighted by Crippen LogP contribution is 2.48. The first kappa shape index (κ1) is 24.7. The molecule has 2 aromatic carbocycles. The van der Waals surface area contributed by atoms with Gasteiger partial charge in [0.1, 0.15) is 22.6 Å². The topological polar surface area (TPSA) is 89.2 Å². The lowest BCUT2D eigenvalue weighted by Crippen LogP contribution is -2.29. The zero-order valence-electron chi connectivity index (χ0n) is 19.5. The van der Waals surface area contributed by atoms with E-state index in [4.69, 9.17) is 37.1 Å². The van der Waals surface area contributed by atoms with Crippen LogP contribution in [0.1, 0.15) is 42.7 Å². The smallest absolute Gasteiger partial charge is 0.300 e. The lowest BCUT2D eigenvalue weighted by molar-refractivity contribution is -0.132. The summed E-state index contributed by atoms with van der Waals surface area (Å²) in [5.74, 6) is -1.43. The highest BCUT2D eigenvalue weighted by atomic mass is 35.5. The summed E-state index contributed by atoms with van der Waals surface area (Å²) in [5.41, 5.74) is 1.41. The molecule has 9 heteroatoms. The van der Waals surface area contributed by atoms with Crippen molar-refractivity contribution in [3.8, 4) is 11.5 Å². The molecule has 182 valence electrons. The number of aliphatic hydroxyl groups is 1. The van der Waals surface area contributed by atoms with Gasteiger partial charge >= 0.3 is 0 Å². The minimum absolute atomic E-state index is 0.0112. The Labute approximate surface area is 212 Å². The molecule has 1 aromatic heterocycles. The predicted octanol–water partition coefficient (Wildman–Crippen LogP) is 6.35. The summed E-state index contributed by atoms with van der Waals surface area (Å²) in [6, 6.07) is 10.9. The molecule has 0 spiro atoms. The van der Waals surface area contributed by atoms with Crippen molar-refractivity contribution in [1.29, 1.82) is 0 Å². The first-order valence-corrected chi connectivity index (χ1v) is 11.5. The van der Waals surface area contributed by atoms with E-state index in [-0.39, 0.29) is 38.6 Å². The van der Waals surface area contributed by atoms with Gasteiger partial charge in [0.05, 0.1) is 36.6 Å². The average Bonchev–Trinajstić information content (AvgIpc) is 3.45. The summed E-state index contributed by atoms with van der Waals surface area (Å²) < 4.78 is 16.2. The molecule has 1 atom stereocenters. The van der Waals surface area contributed by atoms with Gasteiger partial charge in [0.25, 0.3) is 11.7 Å². The fourth-order valence-corrected chi connectivity index (χ4v) is 4.81. The van der Waals surface area contributed by atoms with Gasteiger partial charge < -0.3 is 19.0 Å². The van der Waals surface area contributed by atoms with Crippen molar-refractivity contribution in [2.45, 2.75) is 25.8 Å². The number of furan rings is 1. The SMILES string of the molecule is COc1c(Cl)cc(/C(O)=C2/C(=O)C(=O)N(c3ccc(C(C)C)cc3)C2c2ccco2)c(OC)c1Cl. The standard InChI is InChI=1S/C26H23Cl2NO6/c1-13(2)14-7-9-15(10-8-14)29-21(18-6-5-11-35-18)19(23(31)26(29)32)22(30)16-12-17(27)25(34-4)20(28)24(16)33-3/h5-13,21,30H,1-4H3/b22-19-. The fourth-order valence-electron chi connectivity index (χ4n) is 4.13. The van der Waals surface area contributed by atoms with Gasteiger partial charge in [-0.1, -0.05) is 49.2 Å². The molecule has 1 unspecified atom stereocenters. The Bertz CT molecular complexity index is 1310. The molecule has 2 heterocycles. The normalized spacial score (nSPS) is 17.3. The van der Waals surface area contributed by atoms with Gasteiger partial charge in [-0.2, -0.15) is 0 Å². The van der Waals surface area contributed by atoms with Crippen LogP contribution in [0.15, 0.2) is 58.7 Å². The third-order valence-corrected chi connectivity index (χ3v) is 6.51. The van der Waals surface area contributed by atoms with Crippen LogP contribution in [0, 0.1) is 0 Å². The largest absolute Gasteiger partial charge is 0.507 e. The lowest BCUT2D eigenvalue weighted by atomic mass is 9.98. The zero-order chi connectivity index (χ0) is 25.4. The molecule has 1 N–H and O–H groups in total. The number of nitrogens with zero attached hydrogens (tertiary/aromatic N) is 1. The number of halogens is 2. The van der Waals surface area contributed by atoms with Gasteiger partial charge in [0, 0.05) is 5.69 Å². The number of rotatable bonds is 6. The number of aliphatic hydroxyl groups excluding tert-OH is 1. The van der Waals surface area contributed by atoms with Crippen LogP contribution in [0.3, 0.4) is 0 Å². The van der Waals surface area contributed by atoms with Crippen molar-refractivity contribution in [1.82, 2.24) is 0 Å². The van der Waals surface area contributed by atoms with Crippen LogP contribution < -0.4 is 14.4 Å². The van der Waals surface area contributed by atoms with Crippen LogP contribution in [-0.4, -0.2) is 31.0 Å². The van der Waals surface area contributed by atoms with E-state index in [1.807, 2.05) is 12.1 Å². The van der Waals surface area contributed by atoms with Crippen molar-refractivity contribution >= 4 is 46.3 Å². The van der Waals surface area contributed by atoms with Crippen LogP contribution in [0.25, 0.3) is 5.76 Å². The number of anilines is 1. The second-order valence-corrected chi connectivity index (χ2v) is 9.00. The highest BCUT2D eigenvalue weighted by molar-refractivity contribution is 6.51. The van der Waals surface area contributed by atoms with E-state index in [1.54, 1.807) is 24.3 Å². The maximum absolute atomic E-state index is 13.3. The molecule has 1 amide bonds. The van der Waals surface area contributed by atoms with Gasteiger partial charge in [-0.05, 0) is 41.8 Å². The summed E-state index contributed by atoms with van der Waals surface area (Å²) in [5, 5.41) is 11.5. The zero-order valence-corrected chi connectivity index (χ0v) is 21.0. The Hall–Kier alpha value is -3.42. The Morgan fingerprint density at radius 2 is 1.71 bits per heavy atom. The molecule has 3 aromatic rings. The molecule has 0 bridgehead atoms. The number of carbonyl (C=O) groups is 2. The Kier molecular flexibility index (Phi) is 6.83. The second kappa shape index (κ2) is 9.68. The predicted molar refractivity (Wildman–Crippen MR) is 134 cm³/mol.